The molecular weight excluding hydrogens is 186 g/mol. The van der Waals surface area contributed by atoms with Gasteiger partial charge in [0.25, 0.3) is 0 Å². The lowest BCUT2D eigenvalue weighted by atomic mass is 9.92. The van der Waals surface area contributed by atoms with E-state index in [-0.39, 0.29) is 0 Å². The van der Waals surface area contributed by atoms with Crippen LogP contribution < -0.4 is 0 Å². The minimum absolute atomic E-state index is 0.651. The zero-order chi connectivity index (χ0) is 10.8. The van der Waals surface area contributed by atoms with Crippen LogP contribution in [0.25, 0.3) is 0 Å². The molecule has 0 saturated heterocycles. The molecule has 0 saturated carbocycles. The molecule has 0 fully saturated rings. The van der Waals surface area contributed by atoms with Gasteiger partial charge < -0.3 is 9.88 Å². The van der Waals surface area contributed by atoms with E-state index in [1.54, 1.807) is 0 Å². The zero-order valence-electron chi connectivity index (χ0n) is 10.0. The van der Waals surface area contributed by atoms with Crippen LogP contribution in [0.5, 0.6) is 0 Å². The summed E-state index contributed by atoms with van der Waals surface area (Å²) >= 11 is 0. The van der Waals surface area contributed by atoms with Crippen molar-refractivity contribution in [3.05, 3.63) is 17.2 Å². The normalized spacial score (nSPS) is 20.7. The van der Waals surface area contributed by atoms with Gasteiger partial charge in [-0.2, -0.15) is 0 Å². The monoisotopic (exact) mass is 207 g/mol. The fourth-order valence-electron chi connectivity index (χ4n) is 2.25. The summed E-state index contributed by atoms with van der Waals surface area (Å²) in [5.74, 6) is 1.82. The van der Waals surface area contributed by atoms with Crippen LogP contribution in [0.3, 0.4) is 0 Å². The zero-order valence-corrected chi connectivity index (χ0v) is 10.0. The number of hydrogen-bond donors (Lipinski definition) is 1. The van der Waals surface area contributed by atoms with Crippen LogP contribution in [-0.2, 0) is 12.8 Å². The predicted molar refractivity (Wildman–Crippen MR) is 62.2 cm³/mol. The van der Waals surface area contributed by atoms with Crippen LogP contribution in [0.2, 0.25) is 0 Å². The summed E-state index contributed by atoms with van der Waals surface area (Å²) in [6.45, 7) is 3.36. The van der Waals surface area contributed by atoms with Crippen molar-refractivity contribution in [1.29, 1.82) is 0 Å². The third-order valence-corrected chi connectivity index (χ3v) is 3.19. The molecule has 1 aliphatic carbocycles. The van der Waals surface area contributed by atoms with Crippen LogP contribution in [0.4, 0.5) is 0 Å². The van der Waals surface area contributed by atoms with Crippen LogP contribution >= 0.6 is 0 Å². The summed E-state index contributed by atoms with van der Waals surface area (Å²) < 4.78 is 0. The van der Waals surface area contributed by atoms with Gasteiger partial charge in [0.05, 0.1) is 5.69 Å². The average Bonchev–Trinajstić information content (AvgIpc) is 2.59. The largest absolute Gasteiger partial charge is 0.346 e. The molecule has 0 bridgehead atoms. The Morgan fingerprint density at radius 2 is 2.27 bits per heavy atom. The van der Waals surface area contributed by atoms with E-state index >= 15 is 0 Å². The molecule has 0 aliphatic heterocycles. The summed E-state index contributed by atoms with van der Waals surface area (Å²) in [7, 11) is 4.21. The highest BCUT2D eigenvalue weighted by Gasteiger charge is 2.20. The molecule has 3 heteroatoms. The number of imidazole rings is 1. The molecule has 1 unspecified atom stereocenters. The Hall–Kier alpha value is -0.830. The number of aromatic nitrogens is 2. The van der Waals surface area contributed by atoms with E-state index in [4.69, 9.17) is 4.98 Å². The first-order valence-corrected chi connectivity index (χ1v) is 5.89. The molecule has 0 radical (unpaired) electrons. The first kappa shape index (κ1) is 10.7. The van der Waals surface area contributed by atoms with Crippen molar-refractivity contribution < 1.29 is 0 Å². The number of aromatic amines is 1. The molecule has 2 rings (SSSR count). The van der Waals surface area contributed by atoms with E-state index < -0.39 is 0 Å². The summed E-state index contributed by atoms with van der Waals surface area (Å²) in [5, 5.41) is 0. The number of nitrogens with zero attached hydrogens (tertiary/aromatic N) is 2. The van der Waals surface area contributed by atoms with E-state index in [0.29, 0.717) is 5.92 Å². The number of fused-ring (bicyclic) bond motifs is 1. The van der Waals surface area contributed by atoms with Gasteiger partial charge in [0.15, 0.2) is 0 Å². The topological polar surface area (TPSA) is 31.9 Å². The number of likely N-dealkylation sites (N-methyl/N-ethyl adjacent to an activating group) is 1. The fraction of sp³-hybridized carbons (Fsp3) is 0.750. The van der Waals surface area contributed by atoms with E-state index in [9.17, 15) is 0 Å². The van der Waals surface area contributed by atoms with Gasteiger partial charge in [-0.3, -0.25) is 0 Å². The molecule has 0 spiro atoms. The van der Waals surface area contributed by atoms with Gasteiger partial charge in [-0.05, 0) is 33.4 Å². The molecule has 15 heavy (non-hydrogen) atoms. The molecule has 3 nitrogen and oxygen atoms in total. The Labute approximate surface area is 91.9 Å². The van der Waals surface area contributed by atoms with Gasteiger partial charge in [0, 0.05) is 24.6 Å². The molecule has 0 amide bonds. The summed E-state index contributed by atoms with van der Waals surface area (Å²) in [5.41, 5.74) is 2.72. The fourth-order valence-corrected chi connectivity index (χ4v) is 2.25. The van der Waals surface area contributed by atoms with E-state index in [1.165, 1.54) is 36.5 Å². The Morgan fingerprint density at radius 1 is 1.47 bits per heavy atom. The standard InChI is InChI=1S/C12H21N3/c1-9-5-4-6-10-12(9)14-11(13-10)7-8-15(2)3/h9H,4-8H2,1-3H3,(H,13,14). The molecule has 1 aromatic rings. The van der Waals surface area contributed by atoms with Gasteiger partial charge in [-0.25, -0.2) is 4.98 Å². The van der Waals surface area contributed by atoms with Crippen LogP contribution in [0.15, 0.2) is 0 Å². The van der Waals surface area contributed by atoms with Gasteiger partial charge in [-0.15, -0.1) is 0 Å². The highest BCUT2D eigenvalue weighted by Crippen LogP contribution is 2.29. The number of hydrogen-bond acceptors (Lipinski definition) is 2. The molecule has 0 aromatic carbocycles. The van der Waals surface area contributed by atoms with Crippen LogP contribution in [-0.4, -0.2) is 35.5 Å². The Balaban J connectivity index is 2.08. The van der Waals surface area contributed by atoms with Gasteiger partial charge in [-0.1, -0.05) is 6.92 Å². The molecule has 84 valence electrons. The van der Waals surface area contributed by atoms with Crippen molar-refractivity contribution in [2.75, 3.05) is 20.6 Å². The number of nitrogens with one attached hydrogen (secondary N) is 1. The Morgan fingerprint density at radius 3 is 2.93 bits per heavy atom. The number of aryl methyl sites for hydroxylation is 1. The highest BCUT2D eigenvalue weighted by atomic mass is 15.1. The first-order valence-electron chi connectivity index (χ1n) is 5.89. The van der Waals surface area contributed by atoms with Crippen molar-refractivity contribution in [2.45, 2.75) is 38.5 Å². The highest BCUT2D eigenvalue weighted by molar-refractivity contribution is 5.21. The minimum Gasteiger partial charge on any atom is -0.346 e. The van der Waals surface area contributed by atoms with Gasteiger partial charge in [0.2, 0.25) is 0 Å². The third kappa shape index (κ3) is 2.40. The lowest BCUT2D eigenvalue weighted by Gasteiger charge is -2.15. The second-order valence-electron chi connectivity index (χ2n) is 4.89. The van der Waals surface area contributed by atoms with Gasteiger partial charge >= 0.3 is 0 Å². The third-order valence-electron chi connectivity index (χ3n) is 3.19. The maximum absolute atomic E-state index is 4.72. The lowest BCUT2D eigenvalue weighted by molar-refractivity contribution is 0.410. The molecule has 1 atom stereocenters. The molecule has 1 heterocycles. The van der Waals surface area contributed by atoms with Crippen LogP contribution in [0, 0.1) is 0 Å². The predicted octanol–water partition coefficient (Wildman–Crippen LogP) is 1.95. The molecule has 1 N–H and O–H groups in total. The number of rotatable bonds is 3. The number of H-pyrrole nitrogens is 1. The minimum atomic E-state index is 0.651. The molecule has 1 aliphatic rings. The van der Waals surface area contributed by atoms with Crippen molar-refractivity contribution in [2.24, 2.45) is 0 Å². The second kappa shape index (κ2) is 4.35. The summed E-state index contributed by atoms with van der Waals surface area (Å²) in [6, 6.07) is 0. The quantitative estimate of drug-likeness (QED) is 0.821. The second-order valence-corrected chi connectivity index (χ2v) is 4.89. The lowest BCUT2D eigenvalue weighted by Crippen LogP contribution is -2.15. The smallest absolute Gasteiger partial charge is 0.107 e. The maximum atomic E-state index is 4.72. The van der Waals surface area contributed by atoms with Crippen molar-refractivity contribution in [1.82, 2.24) is 14.9 Å². The van der Waals surface area contributed by atoms with Crippen molar-refractivity contribution in [3.63, 3.8) is 0 Å². The maximum Gasteiger partial charge on any atom is 0.107 e. The summed E-state index contributed by atoms with van der Waals surface area (Å²) in [4.78, 5) is 10.4. The van der Waals surface area contributed by atoms with Crippen molar-refractivity contribution in [3.8, 4) is 0 Å². The van der Waals surface area contributed by atoms with E-state index in [2.05, 4.69) is 30.9 Å². The van der Waals surface area contributed by atoms with Gasteiger partial charge in [0.1, 0.15) is 5.82 Å². The Kier molecular flexibility index (Phi) is 3.10. The van der Waals surface area contributed by atoms with Crippen molar-refractivity contribution >= 4 is 0 Å². The van der Waals surface area contributed by atoms with Crippen LogP contribution in [0.1, 0.15) is 42.9 Å². The van der Waals surface area contributed by atoms with E-state index in [0.717, 1.165) is 13.0 Å². The van der Waals surface area contributed by atoms with E-state index in [1.807, 2.05) is 0 Å². The molecule has 1 aromatic heterocycles. The average molecular weight is 207 g/mol. The Bertz CT molecular complexity index is 328. The first-order chi connectivity index (χ1) is 7.16. The SMILES string of the molecule is CC1CCCc2[nH]c(CCN(C)C)nc21. The summed E-state index contributed by atoms with van der Waals surface area (Å²) in [6.07, 6.45) is 4.83. The molecular formula is C12H21N3.